The van der Waals surface area contributed by atoms with Crippen molar-refractivity contribution in [3.63, 3.8) is 0 Å². The quantitative estimate of drug-likeness (QED) is 0.774. The van der Waals surface area contributed by atoms with E-state index in [0.717, 1.165) is 25.0 Å². The summed E-state index contributed by atoms with van der Waals surface area (Å²) in [6.07, 6.45) is 5.44. The third kappa shape index (κ3) is 5.28. The number of hydrogen-bond donors (Lipinski definition) is 1. The van der Waals surface area contributed by atoms with Crippen LogP contribution in [0.1, 0.15) is 72.5 Å². The summed E-state index contributed by atoms with van der Waals surface area (Å²) >= 11 is 0. The van der Waals surface area contributed by atoms with Gasteiger partial charge in [0, 0.05) is 18.7 Å². The molecule has 3 heteroatoms. The Morgan fingerprint density at radius 2 is 1.70 bits per heavy atom. The normalized spacial score (nSPS) is 14.2. The molecule has 0 aliphatic rings. The molecule has 0 fully saturated rings. The Labute approximate surface area is 124 Å². The van der Waals surface area contributed by atoms with Crippen LogP contribution in [0.25, 0.3) is 0 Å². The van der Waals surface area contributed by atoms with Crippen molar-refractivity contribution in [2.45, 2.75) is 78.9 Å². The van der Waals surface area contributed by atoms with E-state index >= 15 is 0 Å². The second-order valence-electron chi connectivity index (χ2n) is 7.14. The van der Waals surface area contributed by atoms with E-state index in [1.54, 1.807) is 0 Å². The van der Waals surface area contributed by atoms with Crippen molar-refractivity contribution in [3.8, 4) is 0 Å². The van der Waals surface area contributed by atoms with E-state index in [0.29, 0.717) is 24.3 Å². The van der Waals surface area contributed by atoms with Crippen molar-refractivity contribution in [3.05, 3.63) is 18.0 Å². The fourth-order valence-electron chi connectivity index (χ4n) is 2.99. The zero-order valence-electron chi connectivity index (χ0n) is 14.1. The zero-order valence-corrected chi connectivity index (χ0v) is 14.1. The predicted octanol–water partition coefficient (Wildman–Crippen LogP) is 4.22. The lowest BCUT2D eigenvalue weighted by molar-refractivity contribution is -0.000207. The molecule has 0 radical (unpaired) electrons. The second kappa shape index (κ2) is 7.26. The molecule has 1 aromatic heterocycles. The van der Waals surface area contributed by atoms with Gasteiger partial charge in [0.2, 0.25) is 0 Å². The van der Waals surface area contributed by atoms with E-state index < -0.39 is 5.60 Å². The van der Waals surface area contributed by atoms with Crippen molar-refractivity contribution in [2.75, 3.05) is 0 Å². The molecule has 0 saturated carbocycles. The fourth-order valence-corrected chi connectivity index (χ4v) is 2.99. The van der Waals surface area contributed by atoms with Gasteiger partial charge in [0.15, 0.2) is 0 Å². The van der Waals surface area contributed by atoms with Gasteiger partial charge < -0.3 is 5.11 Å². The predicted molar refractivity (Wildman–Crippen MR) is 84.8 cm³/mol. The summed E-state index contributed by atoms with van der Waals surface area (Å²) in [7, 11) is 0. The highest BCUT2D eigenvalue weighted by Crippen LogP contribution is 2.28. The highest BCUT2D eigenvalue weighted by molar-refractivity contribution is 5.05. The van der Waals surface area contributed by atoms with Crippen LogP contribution in [0.2, 0.25) is 0 Å². The maximum atomic E-state index is 11.0. The average molecular weight is 280 g/mol. The van der Waals surface area contributed by atoms with E-state index in [-0.39, 0.29) is 0 Å². The number of aromatic nitrogens is 2. The summed E-state index contributed by atoms with van der Waals surface area (Å²) in [4.78, 5) is 0. The van der Waals surface area contributed by atoms with Gasteiger partial charge in [0.1, 0.15) is 0 Å². The first-order valence-corrected chi connectivity index (χ1v) is 8.02. The highest BCUT2D eigenvalue weighted by atomic mass is 16.3. The monoisotopic (exact) mass is 280 g/mol. The van der Waals surface area contributed by atoms with Gasteiger partial charge in [0.25, 0.3) is 0 Å². The van der Waals surface area contributed by atoms with Gasteiger partial charge >= 0.3 is 0 Å². The lowest BCUT2D eigenvalue weighted by atomic mass is 9.82. The van der Waals surface area contributed by atoms with Gasteiger partial charge in [-0.2, -0.15) is 5.10 Å². The minimum Gasteiger partial charge on any atom is -0.389 e. The fraction of sp³-hybridized carbons (Fsp3) is 0.824. The molecule has 1 atom stereocenters. The molecule has 1 heterocycles. The number of rotatable bonds is 8. The minimum absolute atomic E-state index is 0.423. The smallest absolute Gasteiger partial charge is 0.0708 e. The standard InChI is InChI=1S/C17H32N2O/c1-7-15(6)19-9-8-16(18-19)12-17(20,10-13(2)3)11-14(4)5/h8-9,13-15,20H,7,10-12H2,1-6H3. The first kappa shape index (κ1) is 17.2. The van der Waals surface area contributed by atoms with Gasteiger partial charge in [-0.05, 0) is 44.1 Å². The summed E-state index contributed by atoms with van der Waals surface area (Å²) in [6, 6.07) is 2.48. The van der Waals surface area contributed by atoms with Crippen molar-refractivity contribution in [1.29, 1.82) is 0 Å². The Balaban J connectivity index is 2.81. The van der Waals surface area contributed by atoms with E-state index in [4.69, 9.17) is 0 Å². The van der Waals surface area contributed by atoms with Crippen LogP contribution in [-0.2, 0) is 6.42 Å². The molecule has 116 valence electrons. The summed E-state index contributed by atoms with van der Waals surface area (Å²) < 4.78 is 2.01. The third-order valence-corrected chi connectivity index (χ3v) is 3.79. The van der Waals surface area contributed by atoms with Crippen LogP contribution in [0.4, 0.5) is 0 Å². The lowest BCUT2D eigenvalue weighted by Crippen LogP contribution is -2.35. The van der Waals surface area contributed by atoms with Gasteiger partial charge in [-0.25, -0.2) is 0 Å². The molecule has 0 aliphatic heterocycles. The number of nitrogens with zero attached hydrogens (tertiary/aromatic N) is 2. The SMILES string of the molecule is CCC(C)n1ccc(CC(O)(CC(C)C)CC(C)C)n1. The van der Waals surface area contributed by atoms with Gasteiger partial charge in [-0.15, -0.1) is 0 Å². The summed E-state index contributed by atoms with van der Waals surface area (Å²) in [5, 5.41) is 15.6. The minimum atomic E-state index is -0.628. The summed E-state index contributed by atoms with van der Waals surface area (Å²) in [6.45, 7) is 13.0. The topological polar surface area (TPSA) is 38.0 Å². The molecule has 1 N–H and O–H groups in total. The number of hydrogen-bond acceptors (Lipinski definition) is 2. The molecule has 0 saturated heterocycles. The Morgan fingerprint density at radius 1 is 1.15 bits per heavy atom. The van der Waals surface area contributed by atoms with Crippen LogP contribution in [0.15, 0.2) is 12.3 Å². The van der Waals surface area contributed by atoms with Crippen LogP contribution < -0.4 is 0 Å². The molecule has 20 heavy (non-hydrogen) atoms. The molecular weight excluding hydrogens is 248 g/mol. The Morgan fingerprint density at radius 3 is 2.15 bits per heavy atom. The first-order valence-electron chi connectivity index (χ1n) is 8.02. The lowest BCUT2D eigenvalue weighted by Gasteiger charge is -2.31. The van der Waals surface area contributed by atoms with E-state index in [1.807, 2.05) is 10.9 Å². The maximum absolute atomic E-state index is 11.0. The Kier molecular flexibility index (Phi) is 6.25. The van der Waals surface area contributed by atoms with Crippen molar-refractivity contribution in [1.82, 2.24) is 9.78 Å². The van der Waals surface area contributed by atoms with Gasteiger partial charge in [-0.3, -0.25) is 4.68 Å². The number of aliphatic hydroxyl groups is 1. The molecule has 0 bridgehead atoms. The molecule has 0 aromatic carbocycles. The molecule has 0 spiro atoms. The summed E-state index contributed by atoms with van der Waals surface area (Å²) in [5.74, 6) is 0.991. The van der Waals surface area contributed by atoms with E-state index in [1.165, 1.54) is 0 Å². The zero-order chi connectivity index (χ0) is 15.3. The summed E-state index contributed by atoms with van der Waals surface area (Å²) in [5.41, 5.74) is 0.380. The molecule has 0 aliphatic carbocycles. The van der Waals surface area contributed by atoms with Crippen LogP contribution in [0.3, 0.4) is 0 Å². The molecular formula is C17H32N2O. The van der Waals surface area contributed by atoms with Crippen molar-refractivity contribution >= 4 is 0 Å². The Hall–Kier alpha value is -0.830. The largest absolute Gasteiger partial charge is 0.389 e. The van der Waals surface area contributed by atoms with E-state index in [9.17, 15) is 5.11 Å². The molecule has 3 nitrogen and oxygen atoms in total. The van der Waals surface area contributed by atoms with Crippen molar-refractivity contribution in [2.24, 2.45) is 11.8 Å². The molecule has 1 aromatic rings. The van der Waals surface area contributed by atoms with Crippen LogP contribution in [0.5, 0.6) is 0 Å². The maximum Gasteiger partial charge on any atom is 0.0708 e. The third-order valence-electron chi connectivity index (χ3n) is 3.79. The highest BCUT2D eigenvalue weighted by Gasteiger charge is 2.30. The van der Waals surface area contributed by atoms with Crippen LogP contribution >= 0.6 is 0 Å². The van der Waals surface area contributed by atoms with Crippen LogP contribution in [-0.4, -0.2) is 20.5 Å². The molecule has 1 rings (SSSR count). The molecule has 1 unspecified atom stereocenters. The first-order chi connectivity index (χ1) is 9.25. The van der Waals surface area contributed by atoms with Crippen LogP contribution in [0, 0.1) is 11.8 Å². The Bertz CT molecular complexity index is 385. The van der Waals surface area contributed by atoms with Gasteiger partial charge in [0.05, 0.1) is 11.3 Å². The molecule has 0 amide bonds. The average Bonchev–Trinajstić information content (AvgIpc) is 2.73. The van der Waals surface area contributed by atoms with Gasteiger partial charge in [-0.1, -0.05) is 34.6 Å². The van der Waals surface area contributed by atoms with Crippen molar-refractivity contribution < 1.29 is 5.11 Å². The second-order valence-corrected chi connectivity index (χ2v) is 7.14. The van der Waals surface area contributed by atoms with E-state index in [2.05, 4.69) is 52.7 Å².